The third-order valence-corrected chi connectivity index (χ3v) is 6.06. The molecule has 0 fully saturated rings. The van der Waals surface area contributed by atoms with Crippen LogP contribution in [0.15, 0.2) is 32.5 Å². The molecule has 0 amide bonds. The highest BCUT2D eigenvalue weighted by atomic mass is 32.2. The summed E-state index contributed by atoms with van der Waals surface area (Å²) in [7, 11) is 1.69. The summed E-state index contributed by atoms with van der Waals surface area (Å²) in [6.45, 7) is 12.8. The Balaban J connectivity index is 2.37. The third-order valence-electron chi connectivity index (χ3n) is 3.12. The number of rotatable bonds is 7. The van der Waals surface area contributed by atoms with Gasteiger partial charge in [-0.3, -0.25) is 0 Å². The molecule has 25 heavy (non-hydrogen) atoms. The molecular weight excluding hydrogens is 370 g/mol. The summed E-state index contributed by atoms with van der Waals surface area (Å²) in [5.74, 6) is 0.877. The topological polar surface area (TPSA) is 47.9 Å². The monoisotopic (exact) mass is 395 g/mol. The number of aromatic nitrogens is 3. The number of ether oxygens (including phenoxy) is 1. The maximum Gasteiger partial charge on any atom is 0.197 e. The van der Waals surface area contributed by atoms with Gasteiger partial charge in [-0.15, -0.1) is 0 Å². The summed E-state index contributed by atoms with van der Waals surface area (Å²) in [4.78, 5) is 15.1. The predicted molar refractivity (Wildman–Crippen MR) is 108 cm³/mol. The number of methoxy groups -OCH3 is 1. The fraction of sp³-hybridized carbons (Fsp3) is 0.500. The molecule has 7 heteroatoms. The molecule has 0 aliphatic carbocycles. The number of hydrogen-bond donors (Lipinski definition) is 0. The van der Waals surface area contributed by atoms with Crippen LogP contribution in [0.3, 0.4) is 0 Å². The molecule has 0 aliphatic rings. The molecule has 0 spiro atoms. The molecule has 2 aromatic rings. The molecule has 0 N–H and O–H groups in total. The minimum atomic E-state index is 0.432. The highest BCUT2D eigenvalue weighted by molar-refractivity contribution is 8.00. The Kier molecular flexibility index (Phi) is 7.46. The maximum atomic E-state index is 5.35. The SMILES string of the molecule is COc1cc(C)c(Sc2nc(SC(C)C)nc(SC(C)C)n2)c(C)c1. The van der Waals surface area contributed by atoms with Crippen LogP contribution in [0, 0.1) is 13.8 Å². The highest BCUT2D eigenvalue weighted by Gasteiger charge is 2.14. The lowest BCUT2D eigenvalue weighted by atomic mass is 10.1. The summed E-state index contributed by atoms with van der Waals surface area (Å²) in [5, 5.41) is 3.19. The molecule has 2 rings (SSSR count). The van der Waals surface area contributed by atoms with Crippen molar-refractivity contribution in [3.8, 4) is 5.75 Å². The zero-order valence-electron chi connectivity index (χ0n) is 15.8. The van der Waals surface area contributed by atoms with Crippen molar-refractivity contribution in [3.05, 3.63) is 23.3 Å². The van der Waals surface area contributed by atoms with Crippen molar-refractivity contribution in [1.82, 2.24) is 15.0 Å². The second-order valence-corrected chi connectivity index (χ2v) is 10.3. The zero-order valence-corrected chi connectivity index (χ0v) is 18.2. The van der Waals surface area contributed by atoms with Crippen molar-refractivity contribution in [2.24, 2.45) is 0 Å². The predicted octanol–water partition coefficient (Wildman–Crippen LogP) is 5.65. The van der Waals surface area contributed by atoms with Crippen LogP contribution in [-0.2, 0) is 0 Å². The number of thioether (sulfide) groups is 2. The van der Waals surface area contributed by atoms with Gasteiger partial charge in [0.1, 0.15) is 5.75 Å². The van der Waals surface area contributed by atoms with E-state index in [0.29, 0.717) is 10.5 Å². The van der Waals surface area contributed by atoms with Gasteiger partial charge >= 0.3 is 0 Å². The quantitative estimate of drug-likeness (QED) is 0.561. The molecule has 1 aromatic heterocycles. The number of aryl methyl sites for hydroxylation is 2. The van der Waals surface area contributed by atoms with Gasteiger partial charge in [0.15, 0.2) is 15.5 Å². The van der Waals surface area contributed by atoms with Crippen molar-refractivity contribution in [3.63, 3.8) is 0 Å². The Hall–Kier alpha value is -0.920. The molecule has 0 saturated heterocycles. The van der Waals surface area contributed by atoms with Crippen LogP contribution in [-0.4, -0.2) is 32.6 Å². The zero-order chi connectivity index (χ0) is 18.6. The van der Waals surface area contributed by atoms with E-state index >= 15 is 0 Å². The average molecular weight is 396 g/mol. The second kappa shape index (κ2) is 9.14. The molecule has 1 heterocycles. The first-order chi connectivity index (χ1) is 11.8. The average Bonchev–Trinajstić information content (AvgIpc) is 2.49. The first-order valence-electron chi connectivity index (χ1n) is 8.21. The molecule has 136 valence electrons. The molecule has 0 bridgehead atoms. The van der Waals surface area contributed by atoms with E-state index in [1.54, 1.807) is 42.4 Å². The van der Waals surface area contributed by atoms with Crippen molar-refractivity contribution in [2.75, 3.05) is 7.11 Å². The van der Waals surface area contributed by atoms with E-state index in [1.165, 1.54) is 16.0 Å². The fourth-order valence-corrected chi connectivity index (χ4v) is 4.63. The van der Waals surface area contributed by atoms with E-state index in [2.05, 4.69) is 56.5 Å². The van der Waals surface area contributed by atoms with Gasteiger partial charge in [-0.2, -0.15) is 15.0 Å². The third kappa shape index (κ3) is 6.08. The minimum absolute atomic E-state index is 0.432. The molecule has 0 unspecified atom stereocenters. The van der Waals surface area contributed by atoms with E-state index < -0.39 is 0 Å². The van der Waals surface area contributed by atoms with Crippen molar-refractivity contribution in [2.45, 2.75) is 72.4 Å². The fourth-order valence-electron chi connectivity index (χ4n) is 2.17. The smallest absolute Gasteiger partial charge is 0.197 e. The normalized spacial score (nSPS) is 11.4. The van der Waals surface area contributed by atoms with Gasteiger partial charge in [-0.1, -0.05) is 51.2 Å². The van der Waals surface area contributed by atoms with E-state index in [1.807, 2.05) is 12.1 Å². The van der Waals surface area contributed by atoms with Gasteiger partial charge in [-0.05, 0) is 48.9 Å². The van der Waals surface area contributed by atoms with E-state index in [0.717, 1.165) is 21.2 Å². The first kappa shape index (κ1) is 20.4. The number of hydrogen-bond acceptors (Lipinski definition) is 7. The van der Waals surface area contributed by atoms with Crippen molar-refractivity contribution in [1.29, 1.82) is 0 Å². The Labute approximate surface area is 163 Å². The van der Waals surface area contributed by atoms with Crippen molar-refractivity contribution < 1.29 is 4.74 Å². The lowest BCUT2D eigenvalue weighted by Gasteiger charge is -2.12. The molecule has 4 nitrogen and oxygen atoms in total. The van der Waals surface area contributed by atoms with Gasteiger partial charge in [0.05, 0.1) is 7.11 Å². The van der Waals surface area contributed by atoms with Gasteiger partial charge in [0.2, 0.25) is 0 Å². The van der Waals surface area contributed by atoms with E-state index in [9.17, 15) is 0 Å². The van der Waals surface area contributed by atoms with Gasteiger partial charge < -0.3 is 4.74 Å². The minimum Gasteiger partial charge on any atom is -0.497 e. The molecule has 0 atom stereocenters. The van der Waals surface area contributed by atoms with Crippen LogP contribution in [0.25, 0.3) is 0 Å². The van der Waals surface area contributed by atoms with Crippen LogP contribution >= 0.6 is 35.3 Å². The Morgan fingerprint density at radius 2 is 1.24 bits per heavy atom. The maximum absolute atomic E-state index is 5.35. The van der Waals surface area contributed by atoms with Crippen LogP contribution in [0.2, 0.25) is 0 Å². The van der Waals surface area contributed by atoms with Gasteiger partial charge in [0.25, 0.3) is 0 Å². The van der Waals surface area contributed by atoms with E-state index in [-0.39, 0.29) is 0 Å². The molecular formula is C18H25N3OS3. The highest BCUT2D eigenvalue weighted by Crippen LogP contribution is 2.35. The summed E-state index contributed by atoms with van der Waals surface area (Å²) in [6, 6.07) is 4.09. The largest absolute Gasteiger partial charge is 0.497 e. The number of nitrogens with zero attached hydrogens (tertiary/aromatic N) is 3. The standard InChI is InChI=1S/C18H25N3OS3/c1-10(2)23-16-19-17(24-11(3)4)21-18(20-16)25-15-12(5)8-14(22-7)9-13(15)6/h8-11H,1-7H3. The van der Waals surface area contributed by atoms with E-state index in [4.69, 9.17) is 4.74 Å². The Bertz CT molecular complexity index is 684. The van der Waals surface area contributed by atoms with Crippen LogP contribution in [0.4, 0.5) is 0 Å². The summed E-state index contributed by atoms with van der Waals surface area (Å²) < 4.78 is 5.35. The summed E-state index contributed by atoms with van der Waals surface area (Å²) >= 11 is 4.94. The summed E-state index contributed by atoms with van der Waals surface area (Å²) in [5.41, 5.74) is 2.33. The first-order valence-corrected chi connectivity index (χ1v) is 10.8. The summed E-state index contributed by atoms with van der Waals surface area (Å²) in [6.07, 6.45) is 0. The second-order valence-electron chi connectivity index (χ2n) is 6.21. The van der Waals surface area contributed by atoms with Crippen LogP contribution < -0.4 is 4.74 Å². The molecule has 0 saturated carbocycles. The van der Waals surface area contributed by atoms with Crippen LogP contribution in [0.1, 0.15) is 38.8 Å². The molecule has 0 aliphatic heterocycles. The van der Waals surface area contributed by atoms with Crippen molar-refractivity contribution >= 4 is 35.3 Å². The molecule has 0 radical (unpaired) electrons. The van der Waals surface area contributed by atoms with Gasteiger partial charge in [-0.25, -0.2) is 0 Å². The lowest BCUT2D eigenvalue weighted by molar-refractivity contribution is 0.413. The number of benzene rings is 1. The lowest BCUT2D eigenvalue weighted by Crippen LogP contribution is -2.01. The molecule has 1 aromatic carbocycles. The van der Waals surface area contributed by atoms with Gasteiger partial charge in [0, 0.05) is 15.4 Å². The Morgan fingerprint density at radius 3 is 1.64 bits per heavy atom. The Morgan fingerprint density at radius 1 is 0.800 bits per heavy atom. The van der Waals surface area contributed by atoms with Crippen LogP contribution in [0.5, 0.6) is 5.75 Å².